The van der Waals surface area contributed by atoms with E-state index in [-0.39, 0.29) is 10.8 Å². The molecule has 0 bridgehead atoms. The Labute approximate surface area is 120 Å². The molecule has 0 fully saturated rings. The molecule has 0 aliphatic rings. The number of anilines is 1. The fourth-order valence-electron chi connectivity index (χ4n) is 1.76. The molecule has 1 heterocycles. The molecule has 8 heteroatoms. The molecule has 0 aliphatic carbocycles. The van der Waals surface area contributed by atoms with Crippen LogP contribution in [0, 0.1) is 13.8 Å². The van der Waals surface area contributed by atoms with Crippen LogP contribution in [0.25, 0.3) is 0 Å². The molecule has 2 aromatic rings. The number of primary sulfonamides is 1. The molecule has 0 atom stereocenters. The van der Waals surface area contributed by atoms with E-state index in [9.17, 15) is 13.2 Å². The Hall–Kier alpha value is -1.77. The van der Waals surface area contributed by atoms with Gasteiger partial charge in [0.05, 0.1) is 16.1 Å². The van der Waals surface area contributed by atoms with E-state index in [1.54, 1.807) is 25.4 Å². The Kier molecular flexibility index (Phi) is 3.89. The van der Waals surface area contributed by atoms with Crippen LogP contribution in [-0.4, -0.2) is 19.3 Å². The highest BCUT2D eigenvalue weighted by Crippen LogP contribution is 2.23. The van der Waals surface area contributed by atoms with Crippen LogP contribution in [0.2, 0.25) is 0 Å². The zero-order valence-corrected chi connectivity index (χ0v) is 12.5. The van der Waals surface area contributed by atoms with Crippen molar-refractivity contribution in [2.24, 2.45) is 5.14 Å². The second-order valence-corrected chi connectivity index (χ2v) is 6.58. The Morgan fingerprint density at radius 3 is 2.60 bits per heavy atom. The van der Waals surface area contributed by atoms with Crippen LogP contribution in [0.3, 0.4) is 0 Å². The molecule has 1 aromatic heterocycles. The monoisotopic (exact) mass is 311 g/mol. The number of nitrogens with zero attached hydrogens (tertiary/aromatic N) is 1. The second-order valence-electron chi connectivity index (χ2n) is 4.19. The molecule has 1 aromatic carbocycles. The molecule has 0 radical (unpaired) electrons. The van der Waals surface area contributed by atoms with E-state index in [1.807, 2.05) is 0 Å². The van der Waals surface area contributed by atoms with Gasteiger partial charge in [0.25, 0.3) is 5.91 Å². The van der Waals surface area contributed by atoms with Gasteiger partial charge >= 0.3 is 0 Å². The Bertz CT molecular complexity index is 766. The molecular weight excluding hydrogens is 298 g/mol. The number of aromatic nitrogens is 1. The maximum atomic E-state index is 12.1. The van der Waals surface area contributed by atoms with Crippen LogP contribution in [0.1, 0.15) is 20.9 Å². The summed E-state index contributed by atoms with van der Waals surface area (Å²) in [6.45, 7) is 3.33. The topological polar surface area (TPSA) is 102 Å². The van der Waals surface area contributed by atoms with Crippen LogP contribution < -0.4 is 10.5 Å². The number of carbonyl (C=O) groups is 1. The van der Waals surface area contributed by atoms with Gasteiger partial charge in [-0.25, -0.2) is 18.5 Å². The van der Waals surface area contributed by atoms with E-state index in [2.05, 4.69) is 10.3 Å². The van der Waals surface area contributed by atoms with Crippen LogP contribution >= 0.6 is 11.3 Å². The molecule has 6 nitrogen and oxygen atoms in total. The first-order chi connectivity index (χ1) is 9.30. The normalized spacial score (nSPS) is 11.3. The lowest BCUT2D eigenvalue weighted by Gasteiger charge is -2.10. The van der Waals surface area contributed by atoms with Crippen LogP contribution in [0.4, 0.5) is 5.69 Å². The number of hydrogen-bond acceptors (Lipinski definition) is 5. The third-order valence-corrected chi connectivity index (χ3v) is 4.77. The number of nitrogens with one attached hydrogen (secondary N) is 1. The lowest BCUT2D eigenvalue weighted by atomic mass is 10.2. The van der Waals surface area contributed by atoms with E-state index >= 15 is 0 Å². The summed E-state index contributed by atoms with van der Waals surface area (Å²) in [5.74, 6) is -0.320. The predicted octanol–water partition coefficient (Wildman–Crippen LogP) is 1.66. The molecule has 20 heavy (non-hydrogen) atoms. The minimum Gasteiger partial charge on any atom is -0.321 e. The molecule has 0 unspecified atom stereocenters. The number of benzene rings is 1. The lowest BCUT2D eigenvalue weighted by molar-refractivity contribution is 0.102. The van der Waals surface area contributed by atoms with Gasteiger partial charge < -0.3 is 5.32 Å². The van der Waals surface area contributed by atoms with Gasteiger partial charge in [0.2, 0.25) is 10.0 Å². The molecule has 0 spiro atoms. The molecule has 0 saturated heterocycles. The summed E-state index contributed by atoms with van der Waals surface area (Å²) in [5, 5.41) is 7.80. The average molecular weight is 311 g/mol. The summed E-state index contributed by atoms with van der Waals surface area (Å²) < 4.78 is 22.9. The number of carbonyl (C=O) groups excluding carboxylic acids is 1. The number of thiazole rings is 1. The van der Waals surface area contributed by atoms with Crippen molar-refractivity contribution in [3.63, 3.8) is 0 Å². The molecule has 106 valence electrons. The SMILES string of the molecule is Cc1ncsc1C(=O)Nc1cccc(S(N)(=O)=O)c1C. The van der Waals surface area contributed by atoms with Crippen molar-refractivity contribution < 1.29 is 13.2 Å². The zero-order chi connectivity index (χ0) is 14.9. The summed E-state index contributed by atoms with van der Waals surface area (Å²) in [7, 11) is -3.81. The third kappa shape index (κ3) is 2.87. The fourth-order valence-corrected chi connectivity index (χ4v) is 3.26. The summed E-state index contributed by atoms with van der Waals surface area (Å²) in [5.41, 5.74) is 3.03. The molecule has 3 N–H and O–H groups in total. The van der Waals surface area contributed by atoms with E-state index < -0.39 is 10.0 Å². The van der Waals surface area contributed by atoms with Crippen molar-refractivity contribution >= 4 is 33.0 Å². The number of amides is 1. The third-order valence-electron chi connectivity index (χ3n) is 2.79. The van der Waals surface area contributed by atoms with Gasteiger partial charge in [-0.3, -0.25) is 4.79 Å². The van der Waals surface area contributed by atoms with Gasteiger partial charge in [0, 0.05) is 5.69 Å². The summed E-state index contributed by atoms with van der Waals surface area (Å²) in [6, 6.07) is 4.55. The van der Waals surface area contributed by atoms with Crippen molar-refractivity contribution in [1.29, 1.82) is 0 Å². The van der Waals surface area contributed by atoms with Crippen molar-refractivity contribution in [3.05, 3.63) is 39.8 Å². The minimum absolute atomic E-state index is 0.00340. The highest BCUT2D eigenvalue weighted by Gasteiger charge is 2.17. The van der Waals surface area contributed by atoms with Gasteiger partial charge in [-0.1, -0.05) is 6.07 Å². The number of aryl methyl sites for hydroxylation is 1. The number of sulfonamides is 1. The van der Waals surface area contributed by atoms with Crippen molar-refractivity contribution in [2.75, 3.05) is 5.32 Å². The lowest BCUT2D eigenvalue weighted by Crippen LogP contribution is -2.17. The summed E-state index contributed by atoms with van der Waals surface area (Å²) >= 11 is 1.23. The second kappa shape index (κ2) is 5.31. The fraction of sp³-hybridized carbons (Fsp3) is 0.167. The van der Waals surface area contributed by atoms with Gasteiger partial charge in [-0.05, 0) is 31.5 Å². The molecule has 0 saturated carbocycles. The highest BCUT2D eigenvalue weighted by atomic mass is 32.2. The van der Waals surface area contributed by atoms with E-state index in [0.717, 1.165) is 0 Å². The van der Waals surface area contributed by atoms with Gasteiger partial charge in [-0.15, -0.1) is 11.3 Å². The molecule has 1 amide bonds. The van der Waals surface area contributed by atoms with Crippen LogP contribution in [-0.2, 0) is 10.0 Å². The van der Waals surface area contributed by atoms with Crippen molar-refractivity contribution in [2.45, 2.75) is 18.7 Å². The summed E-state index contributed by atoms with van der Waals surface area (Å²) in [6.07, 6.45) is 0. The van der Waals surface area contributed by atoms with E-state index in [1.165, 1.54) is 23.5 Å². The Morgan fingerprint density at radius 2 is 2.05 bits per heavy atom. The van der Waals surface area contributed by atoms with Gasteiger partial charge in [0.15, 0.2) is 0 Å². The first-order valence-electron chi connectivity index (χ1n) is 5.64. The maximum Gasteiger partial charge on any atom is 0.267 e. The van der Waals surface area contributed by atoms with E-state index in [4.69, 9.17) is 5.14 Å². The molecule has 0 aliphatic heterocycles. The minimum atomic E-state index is -3.81. The van der Waals surface area contributed by atoms with Crippen molar-refractivity contribution in [1.82, 2.24) is 4.98 Å². The Balaban J connectivity index is 2.36. The van der Waals surface area contributed by atoms with Crippen LogP contribution in [0.5, 0.6) is 0 Å². The summed E-state index contributed by atoms with van der Waals surface area (Å²) in [4.78, 5) is 16.6. The quantitative estimate of drug-likeness (QED) is 0.899. The molecule has 2 rings (SSSR count). The number of rotatable bonds is 3. The van der Waals surface area contributed by atoms with Crippen molar-refractivity contribution in [3.8, 4) is 0 Å². The average Bonchev–Trinajstić information content (AvgIpc) is 2.76. The molecular formula is C12H13N3O3S2. The number of hydrogen-bond donors (Lipinski definition) is 2. The smallest absolute Gasteiger partial charge is 0.267 e. The maximum absolute atomic E-state index is 12.1. The zero-order valence-electron chi connectivity index (χ0n) is 10.9. The largest absolute Gasteiger partial charge is 0.321 e. The van der Waals surface area contributed by atoms with Gasteiger partial charge in [0.1, 0.15) is 4.88 Å². The predicted molar refractivity (Wildman–Crippen MR) is 77.4 cm³/mol. The van der Waals surface area contributed by atoms with E-state index in [0.29, 0.717) is 21.8 Å². The highest BCUT2D eigenvalue weighted by molar-refractivity contribution is 7.89. The van der Waals surface area contributed by atoms with Gasteiger partial charge in [-0.2, -0.15) is 0 Å². The first kappa shape index (κ1) is 14.6. The van der Waals surface area contributed by atoms with Crippen LogP contribution in [0.15, 0.2) is 28.6 Å². The Morgan fingerprint density at radius 1 is 1.35 bits per heavy atom. The number of nitrogens with two attached hydrogens (primary N) is 1. The standard InChI is InChI=1S/C12H13N3O3S2/c1-7-9(4-3-5-10(7)20(13,17)18)15-12(16)11-8(2)14-6-19-11/h3-6H,1-2H3,(H,15,16)(H2,13,17,18). The first-order valence-corrected chi connectivity index (χ1v) is 8.07.